The molecule has 35 heavy (non-hydrogen) atoms. The Kier molecular flexibility index (Phi) is 5.61. The van der Waals surface area contributed by atoms with Crippen LogP contribution in [0.3, 0.4) is 0 Å². The first-order chi connectivity index (χ1) is 17.2. The Morgan fingerprint density at radius 1 is 0.914 bits per heavy atom. The van der Waals surface area contributed by atoms with Crippen molar-refractivity contribution in [1.29, 1.82) is 0 Å². The summed E-state index contributed by atoms with van der Waals surface area (Å²) >= 11 is 0. The number of amides is 1. The molecule has 7 heteroatoms. The third-order valence-corrected chi connectivity index (χ3v) is 10.0. The van der Waals surface area contributed by atoms with Crippen LogP contribution in [-0.2, 0) is 4.79 Å². The van der Waals surface area contributed by atoms with E-state index >= 15 is 0 Å². The van der Waals surface area contributed by atoms with Crippen LogP contribution < -0.4 is 10.6 Å². The van der Waals surface area contributed by atoms with E-state index in [4.69, 9.17) is 4.98 Å². The summed E-state index contributed by atoms with van der Waals surface area (Å²) in [6.07, 6.45) is 17.9. The molecule has 0 aromatic carbocycles. The van der Waals surface area contributed by atoms with Gasteiger partial charge in [-0.2, -0.15) is 0 Å². The van der Waals surface area contributed by atoms with Gasteiger partial charge in [0.25, 0.3) is 0 Å². The highest BCUT2D eigenvalue weighted by Crippen LogP contribution is 2.55. The van der Waals surface area contributed by atoms with E-state index in [0.29, 0.717) is 6.04 Å². The minimum atomic E-state index is 0.0926. The summed E-state index contributed by atoms with van der Waals surface area (Å²) in [7, 11) is 0. The number of rotatable bonds is 4. The van der Waals surface area contributed by atoms with Gasteiger partial charge < -0.3 is 10.6 Å². The highest BCUT2D eigenvalue weighted by atomic mass is 16.1. The highest BCUT2D eigenvalue weighted by molar-refractivity contribution is 6.02. The van der Waals surface area contributed by atoms with E-state index in [1.54, 1.807) is 0 Å². The van der Waals surface area contributed by atoms with Crippen LogP contribution in [0.5, 0.6) is 0 Å². The molecule has 2 N–H and O–H groups in total. The number of fused-ring (bicyclic) bond motifs is 4. The Morgan fingerprint density at radius 2 is 1.57 bits per heavy atom. The average Bonchev–Trinajstić information content (AvgIpc) is 3.68. The monoisotopic (exact) mass is 476 g/mol. The lowest BCUT2D eigenvalue weighted by atomic mass is 9.61. The van der Waals surface area contributed by atoms with E-state index < -0.39 is 0 Å². The topological polar surface area (TPSA) is 73.4 Å². The van der Waals surface area contributed by atoms with Crippen LogP contribution in [0.4, 0.5) is 5.95 Å². The van der Waals surface area contributed by atoms with Gasteiger partial charge in [0.15, 0.2) is 0 Å². The van der Waals surface area contributed by atoms with Gasteiger partial charge in [-0.25, -0.2) is 9.97 Å². The Hall–Kier alpha value is -1.99. The van der Waals surface area contributed by atoms with Crippen molar-refractivity contribution in [2.75, 3.05) is 38.0 Å². The molecule has 0 bridgehead atoms. The van der Waals surface area contributed by atoms with Crippen LogP contribution >= 0.6 is 0 Å². The number of hydrogen-bond donors (Lipinski definition) is 2. The van der Waals surface area contributed by atoms with Gasteiger partial charge in [0.1, 0.15) is 0 Å². The Bertz CT molecular complexity index is 997. The summed E-state index contributed by atoms with van der Waals surface area (Å²) in [5, 5.41) is 6.88. The fourth-order valence-electron chi connectivity index (χ4n) is 7.89. The van der Waals surface area contributed by atoms with E-state index in [-0.39, 0.29) is 17.2 Å². The molecule has 0 radical (unpaired) electrons. The van der Waals surface area contributed by atoms with Crippen molar-refractivity contribution in [3.8, 4) is 0 Å². The number of piperidine rings is 1. The van der Waals surface area contributed by atoms with E-state index in [2.05, 4.69) is 31.5 Å². The average molecular weight is 477 g/mol. The first kappa shape index (κ1) is 22.2. The summed E-state index contributed by atoms with van der Waals surface area (Å²) in [6, 6.07) is 2.10. The van der Waals surface area contributed by atoms with Gasteiger partial charge in [0.2, 0.25) is 11.9 Å². The molecule has 1 spiro atoms. The zero-order valence-electron chi connectivity index (χ0n) is 21.0. The molecule has 1 atom stereocenters. The van der Waals surface area contributed by atoms with Gasteiger partial charge in [-0.15, -0.1) is 0 Å². The summed E-state index contributed by atoms with van der Waals surface area (Å²) in [6.45, 7) is 5.82. The van der Waals surface area contributed by atoms with E-state index in [1.165, 1.54) is 96.8 Å². The second-order valence-electron chi connectivity index (χ2n) is 12.1. The van der Waals surface area contributed by atoms with E-state index in [0.717, 1.165) is 41.4 Å². The molecular formula is C28H40N6O. The van der Waals surface area contributed by atoms with Gasteiger partial charge in [0.05, 0.1) is 5.69 Å². The normalized spacial score (nSPS) is 33.1. The number of carbonyl (C=O) groups is 1. The second-order valence-corrected chi connectivity index (χ2v) is 12.1. The third-order valence-electron chi connectivity index (χ3n) is 10.0. The molecule has 3 heterocycles. The fourth-order valence-corrected chi connectivity index (χ4v) is 7.89. The highest BCUT2D eigenvalue weighted by Gasteiger charge is 2.50. The van der Waals surface area contributed by atoms with Crippen molar-refractivity contribution >= 4 is 17.9 Å². The number of piperazine rings is 1. The summed E-state index contributed by atoms with van der Waals surface area (Å²) in [5.41, 5.74) is 3.20. The molecule has 3 saturated carbocycles. The first-order valence-corrected chi connectivity index (χ1v) is 14.3. The van der Waals surface area contributed by atoms with Crippen molar-refractivity contribution in [1.82, 2.24) is 25.1 Å². The van der Waals surface area contributed by atoms with E-state index in [1.807, 2.05) is 6.20 Å². The van der Waals surface area contributed by atoms with Crippen molar-refractivity contribution in [3.63, 3.8) is 0 Å². The molecule has 1 amide bonds. The van der Waals surface area contributed by atoms with Gasteiger partial charge in [0, 0.05) is 79.5 Å². The molecule has 1 unspecified atom stereocenters. The quantitative estimate of drug-likeness (QED) is 0.693. The molecule has 1 aromatic heterocycles. The van der Waals surface area contributed by atoms with Crippen LogP contribution in [0.1, 0.15) is 87.8 Å². The Labute approximate surface area is 209 Å². The predicted octanol–water partition coefficient (Wildman–Crippen LogP) is 3.54. The summed E-state index contributed by atoms with van der Waals surface area (Å²) < 4.78 is 0. The maximum absolute atomic E-state index is 12.7. The van der Waals surface area contributed by atoms with E-state index in [9.17, 15) is 4.79 Å². The van der Waals surface area contributed by atoms with Crippen molar-refractivity contribution in [2.24, 2.45) is 5.41 Å². The number of nitrogens with zero attached hydrogens (tertiary/aromatic N) is 4. The number of anilines is 1. The first-order valence-electron chi connectivity index (χ1n) is 14.3. The molecule has 2 aliphatic heterocycles. The number of aromatic nitrogens is 2. The Morgan fingerprint density at radius 3 is 2.23 bits per heavy atom. The number of hydrogen-bond acceptors (Lipinski definition) is 6. The molecule has 2 saturated heterocycles. The SMILES string of the molecule is O=C1NCC2(CCCCC2)C2C1=Cc1cnc(N[C@H]3CC[C@H](N4CCN(C5CC5)CC4)CC3)nc12. The van der Waals surface area contributed by atoms with Crippen molar-refractivity contribution in [2.45, 2.75) is 94.7 Å². The zero-order chi connectivity index (χ0) is 23.4. The zero-order valence-corrected chi connectivity index (χ0v) is 21.0. The van der Waals surface area contributed by atoms with Gasteiger partial charge in [-0.05, 0) is 57.4 Å². The van der Waals surface area contributed by atoms with Crippen molar-refractivity contribution in [3.05, 3.63) is 23.0 Å². The molecule has 1 aromatic rings. The largest absolute Gasteiger partial charge is 0.352 e. The lowest BCUT2D eigenvalue weighted by molar-refractivity contribution is -0.120. The third kappa shape index (κ3) is 4.08. The maximum atomic E-state index is 12.7. The van der Waals surface area contributed by atoms with Gasteiger partial charge in [-0.3, -0.25) is 14.6 Å². The van der Waals surface area contributed by atoms with Crippen LogP contribution in [-0.4, -0.2) is 76.5 Å². The molecule has 7 rings (SSSR count). The minimum absolute atomic E-state index is 0.0926. The fraction of sp³-hybridized carbons (Fsp3) is 0.750. The Balaban J connectivity index is 1.00. The smallest absolute Gasteiger partial charge is 0.247 e. The van der Waals surface area contributed by atoms with Gasteiger partial charge in [-0.1, -0.05) is 19.3 Å². The van der Waals surface area contributed by atoms with Gasteiger partial charge >= 0.3 is 0 Å². The van der Waals surface area contributed by atoms with Crippen LogP contribution in [0.2, 0.25) is 0 Å². The number of nitrogens with one attached hydrogen (secondary N) is 2. The molecule has 6 aliphatic rings. The summed E-state index contributed by atoms with van der Waals surface area (Å²) in [4.78, 5) is 28.0. The molecular weight excluding hydrogens is 436 g/mol. The lowest BCUT2D eigenvalue weighted by Crippen LogP contribution is -2.52. The predicted molar refractivity (Wildman–Crippen MR) is 137 cm³/mol. The standard InChI is InChI=1S/C28H40N6O/c35-26-23-16-19-17-29-27(32-25(19)24(23)28(18-30-26)10-2-1-3-11-28)31-20-4-6-21(7-5-20)33-12-14-34(15-13-33)22-8-9-22/h16-17,20-22,24H,1-15,18H2,(H,30,35)(H,29,31,32)/t20-,21-,24?. The molecule has 7 nitrogen and oxygen atoms in total. The van der Waals surface area contributed by atoms with Crippen LogP contribution in [0.15, 0.2) is 11.8 Å². The molecule has 5 fully saturated rings. The maximum Gasteiger partial charge on any atom is 0.247 e. The molecule has 188 valence electrons. The summed E-state index contributed by atoms with van der Waals surface area (Å²) in [5.74, 6) is 0.993. The van der Waals surface area contributed by atoms with Crippen LogP contribution in [0, 0.1) is 5.41 Å². The second kappa shape index (κ2) is 8.84. The van der Waals surface area contributed by atoms with Crippen LogP contribution in [0.25, 0.3) is 6.08 Å². The lowest BCUT2D eigenvalue weighted by Gasteiger charge is -2.46. The minimum Gasteiger partial charge on any atom is -0.352 e. The molecule has 4 aliphatic carbocycles. The number of carbonyl (C=O) groups excluding carboxylic acids is 1. The van der Waals surface area contributed by atoms with Crippen molar-refractivity contribution < 1.29 is 4.79 Å².